The van der Waals surface area contributed by atoms with Gasteiger partial charge >= 0.3 is 5.69 Å². The molecule has 0 spiro atoms. The van der Waals surface area contributed by atoms with Crippen LogP contribution in [0.5, 0.6) is 0 Å². The number of aromatic nitrogens is 2. The Morgan fingerprint density at radius 3 is 2.16 bits per heavy atom. The van der Waals surface area contributed by atoms with Crippen LogP contribution in [0.3, 0.4) is 0 Å². The molecule has 1 aromatic heterocycles. The van der Waals surface area contributed by atoms with Gasteiger partial charge in [-0.2, -0.15) is 0 Å². The van der Waals surface area contributed by atoms with Crippen LogP contribution in [0.25, 0.3) is 11.0 Å². The van der Waals surface area contributed by atoms with E-state index in [9.17, 15) is 9.59 Å². The quantitative estimate of drug-likeness (QED) is 0.707. The molecule has 2 aromatic carbocycles. The normalized spacial score (nSPS) is 11.0. The summed E-state index contributed by atoms with van der Waals surface area (Å²) in [7, 11) is 0. The van der Waals surface area contributed by atoms with Crippen LogP contribution in [-0.4, -0.2) is 15.0 Å². The third-order valence-electron chi connectivity index (χ3n) is 3.81. The van der Waals surface area contributed by atoms with Crippen molar-refractivity contribution in [2.45, 2.75) is 20.0 Å². The maximum Gasteiger partial charge on any atom is 0.329 e. The zero-order valence-electron chi connectivity index (χ0n) is 13.2. The van der Waals surface area contributed by atoms with Gasteiger partial charge in [0.1, 0.15) is 6.54 Å². The van der Waals surface area contributed by atoms with E-state index in [4.69, 9.17) is 34.8 Å². The van der Waals surface area contributed by atoms with Crippen LogP contribution in [0.2, 0.25) is 15.1 Å². The predicted molar refractivity (Wildman–Crippen MR) is 102 cm³/mol. The van der Waals surface area contributed by atoms with Crippen molar-refractivity contribution in [1.29, 1.82) is 0 Å². The van der Waals surface area contributed by atoms with Crippen LogP contribution < -0.4 is 11.0 Å². The average molecular weight is 399 g/mol. The fraction of sp³-hybridized carbons (Fsp3) is 0.176. The van der Waals surface area contributed by atoms with E-state index in [1.165, 1.54) is 16.7 Å². The van der Waals surface area contributed by atoms with Gasteiger partial charge in [-0.1, -0.05) is 46.9 Å². The summed E-state index contributed by atoms with van der Waals surface area (Å²) in [6.45, 7) is 2.25. The SMILES string of the molecule is CCn1c(=O)n(CC(=O)Nc2c(Cl)cc(Cl)cc2Cl)c2ccccc21. The summed E-state index contributed by atoms with van der Waals surface area (Å²) in [6.07, 6.45) is 0. The summed E-state index contributed by atoms with van der Waals surface area (Å²) in [5.74, 6) is -0.410. The first-order chi connectivity index (χ1) is 11.9. The van der Waals surface area contributed by atoms with E-state index in [0.717, 1.165) is 5.52 Å². The Hall–Kier alpha value is -1.95. The molecule has 25 heavy (non-hydrogen) atoms. The van der Waals surface area contributed by atoms with Gasteiger partial charge in [-0.3, -0.25) is 13.9 Å². The number of aryl methyl sites for hydroxylation is 1. The minimum atomic E-state index is -0.410. The van der Waals surface area contributed by atoms with E-state index in [1.807, 2.05) is 25.1 Å². The van der Waals surface area contributed by atoms with Crippen molar-refractivity contribution in [3.8, 4) is 0 Å². The number of anilines is 1. The monoisotopic (exact) mass is 397 g/mol. The molecule has 0 saturated carbocycles. The van der Waals surface area contributed by atoms with Crippen LogP contribution >= 0.6 is 34.8 Å². The number of nitrogens with zero attached hydrogens (tertiary/aromatic N) is 2. The molecule has 3 aromatic rings. The van der Waals surface area contributed by atoms with Crippen LogP contribution in [-0.2, 0) is 17.9 Å². The average Bonchev–Trinajstić information content (AvgIpc) is 2.83. The van der Waals surface area contributed by atoms with E-state index < -0.39 is 5.91 Å². The molecule has 0 bridgehead atoms. The molecule has 0 fully saturated rings. The molecule has 0 radical (unpaired) electrons. The van der Waals surface area contributed by atoms with Crippen LogP contribution in [0.1, 0.15) is 6.92 Å². The fourth-order valence-corrected chi connectivity index (χ4v) is 3.63. The Kier molecular flexibility index (Phi) is 5.08. The standard InChI is InChI=1S/C17H14Cl3N3O2/c1-2-22-13-5-3-4-6-14(13)23(17(22)25)9-15(24)21-16-11(19)7-10(18)8-12(16)20/h3-8H,2,9H2,1H3,(H,21,24). The lowest BCUT2D eigenvalue weighted by Gasteiger charge is -2.10. The van der Waals surface area contributed by atoms with Gasteiger partial charge in [0.2, 0.25) is 5.91 Å². The molecule has 1 heterocycles. The van der Waals surface area contributed by atoms with Crippen molar-refractivity contribution >= 4 is 57.4 Å². The van der Waals surface area contributed by atoms with Crippen molar-refractivity contribution in [3.05, 3.63) is 62.0 Å². The third-order valence-corrected chi connectivity index (χ3v) is 4.63. The van der Waals surface area contributed by atoms with Gasteiger partial charge in [-0.05, 0) is 31.2 Å². The minimum absolute atomic E-state index is 0.151. The van der Waals surface area contributed by atoms with Gasteiger partial charge in [-0.25, -0.2) is 4.79 Å². The van der Waals surface area contributed by atoms with Crippen LogP contribution in [0.15, 0.2) is 41.2 Å². The van der Waals surface area contributed by atoms with E-state index in [0.29, 0.717) is 17.1 Å². The molecular weight excluding hydrogens is 385 g/mol. The summed E-state index contributed by atoms with van der Waals surface area (Å²) in [4.78, 5) is 25.0. The molecule has 3 rings (SSSR count). The number of imidazole rings is 1. The molecule has 1 amide bonds. The largest absolute Gasteiger partial charge is 0.329 e. The summed E-state index contributed by atoms with van der Waals surface area (Å²) >= 11 is 18.0. The molecule has 0 aliphatic carbocycles. The summed E-state index contributed by atoms with van der Waals surface area (Å²) in [5.41, 5.74) is 1.50. The number of fused-ring (bicyclic) bond motifs is 1. The molecular formula is C17H14Cl3N3O2. The third kappa shape index (κ3) is 3.40. The highest BCUT2D eigenvalue weighted by Crippen LogP contribution is 2.33. The first kappa shape index (κ1) is 17.9. The van der Waals surface area contributed by atoms with Crippen molar-refractivity contribution in [3.63, 3.8) is 0 Å². The van der Waals surface area contributed by atoms with E-state index >= 15 is 0 Å². The van der Waals surface area contributed by atoms with Crippen LogP contribution in [0, 0.1) is 0 Å². The first-order valence-electron chi connectivity index (χ1n) is 7.54. The molecule has 0 aliphatic heterocycles. The number of carbonyl (C=O) groups is 1. The number of benzene rings is 2. The van der Waals surface area contributed by atoms with E-state index in [2.05, 4.69) is 5.32 Å². The molecule has 0 aliphatic rings. The van der Waals surface area contributed by atoms with Gasteiger partial charge in [-0.15, -0.1) is 0 Å². The lowest BCUT2D eigenvalue weighted by atomic mass is 10.3. The summed E-state index contributed by atoms with van der Waals surface area (Å²) in [6, 6.07) is 10.3. The van der Waals surface area contributed by atoms with E-state index in [1.54, 1.807) is 10.6 Å². The number of rotatable bonds is 4. The molecule has 130 valence electrons. The molecule has 0 saturated heterocycles. The number of halogens is 3. The van der Waals surface area contributed by atoms with Gasteiger partial charge in [0.05, 0.1) is 26.8 Å². The zero-order chi connectivity index (χ0) is 18.1. The van der Waals surface area contributed by atoms with Gasteiger partial charge in [0.25, 0.3) is 0 Å². The van der Waals surface area contributed by atoms with Gasteiger partial charge < -0.3 is 5.32 Å². The Labute approximate surface area is 158 Å². The highest BCUT2D eigenvalue weighted by molar-refractivity contribution is 6.42. The first-order valence-corrected chi connectivity index (χ1v) is 8.68. The number of hydrogen-bond acceptors (Lipinski definition) is 2. The lowest BCUT2D eigenvalue weighted by Crippen LogP contribution is -2.29. The number of para-hydroxylation sites is 2. The summed E-state index contributed by atoms with van der Waals surface area (Å²) in [5, 5.41) is 3.47. The predicted octanol–water partition coefficient (Wildman–Crippen LogP) is 4.42. The fourth-order valence-electron chi connectivity index (χ4n) is 2.72. The number of nitrogens with one attached hydrogen (secondary N) is 1. The maximum atomic E-state index is 12.6. The summed E-state index contributed by atoms with van der Waals surface area (Å²) < 4.78 is 3.04. The van der Waals surface area contributed by atoms with Crippen molar-refractivity contribution in [2.24, 2.45) is 0 Å². The molecule has 1 N–H and O–H groups in total. The Morgan fingerprint density at radius 1 is 1.04 bits per heavy atom. The minimum Gasteiger partial charge on any atom is -0.322 e. The Balaban J connectivity index is 1.94. The number of carbonyl (C=O) groups excluding carboxylic acids is 1. The molecule has 8 heteroatoms. The molecule has 5 nitrogen and oxygen atoms in total. The molecule has 0 atom stereocenters. The van der Waals surface area contributed by atoms with E-state index in [-0.39, 0.29) is 28.0 Å². The van der Waals surface area contributed by atoms with Crippen molar-refractivity contribution in [1.82, 2.24) is 9.13 Å². The topological polar surface area (TPSA) is 56.0 Å². The lowest BCUT2D eigenvalue weighted by molar-refractivity contribution is -0.116. The van der Waals surface area contributed by atoms with Gasteiger partial charge in [0, 0.05) is 11.6 Å². The number of amides is 1. The zero-order valence-corrected chi connectivity index (χ0v) is 15.5. The highest BCUT2D eigenvalue weighted by Gasteiger charge is 2.16. The van der Waals surface area contributed by atoms with Crippen LogP contribution in [0.4, 0.5) is 5.69 Å². The Bertz CT molecular complexity index is 1000. The smallest absolute Gasteiger partial charge is 0.322 e. The maximum absolute atomic E-state index is 12.6. The van der Waals surface area contributed by atoms with Crippen molar-refractivity contribution < 1.29 is 4.79 Å². The Morgan fingerprint density at radius 2 is 1.60 bits per heavy atom. The highest BCUT2D eigenvalue weighted by atomic mass is 35.5. The number of hydrogen-bond donors (Lipinski definition) is 1. The van der Waals surface area contributed by atoms with Crippen molar-refractivity contribution in [2.75, 3.05) is 5.32 Å². The molecule has 0 unspecified atom stereocenters. The second-order valence-electron chi connectivity index (χ2n) is 5.39. The second-order valence-corrected chi connectivity index (χ2v) is 6.65. The van der Waals surface area contributed by atoms with Gasteiger partial charge in [0.15, 0.2) is 0 Å². The second kappa shape index (κ2) is 7.12.